The van der Waals surface area contributed by atoms with Gasteiger partial charge in [0.05, 0.1) is 0 Å². The number of carboxylic acid groups (broad SMARTS) is 1. The standard InChI is InChI=1S/C7H11FO2/c8-6(7(9)10)4-5-2-1-3-5/h5-6H,1-4H2,(H,9,10)/t6-/m0/s1. The highest BCUT2D eigenvalue weighted by Crippen LogP contribution is 2.31. The van der Waals surface area contributed by atoms with Crippen molar-refractivity contribution in [1.29, 1.82) is 0 Å². The fourth-order valence-corrected chi connectivity index (χ4v) is 1.12. The third-order valence-corrected chi connectivity index (χ3v) is 2.03. The fourth-order valence-electron chi connectivity index (χ4n) is 1.12. The smallest absolute Gasteiger partial charge is 0.338 e. The number of alkyl halides is 1. The molecule has 0 heterocycles. The van der Waals surface area contributed by atoms with Crippen molar-refractivity contribution in [3.63, 3.8) is 0 Å². The van der Waals surface area contributed by atoms with Crippen LogP contribution in [0.25, 0.3) is 0 Å². The molecule has 0 saturated heterocycles. The van der Waals surface area contributed by atoms with Gasteiger partial charge >= 0.3 is 5.97 Å². The lowest BCUT2D eigenvalue weighted by Crippen LogP contribution is -2.22. The minimum absolute atomic E-state index is 0.218. The number of aliphatic carboxylic acids is 1. The molecule has 0 aromatic heterocycles. The molecular formula is C7H11FO2. The van der Waals surface area contributed by atoms with E-state index in [2.05, 4.69) is 0 Å². The van der Waals surface area contributed by atoms with Crippen LogP contribution < -0.4 is 0 Å². The SMILES string of the molecule is O=C(O)[C@@H](F)CC1CCC1. The molecule has 1 fully saturated rings. The van der Waals surface area contributed by atoms with Crippen molar-refractivity contribution in [3.8, 4) is 0 Å². The average Bonchev–Trinajstić information content (AvgIpc) is 1.77. The first-order valence-electron chi connectivity index (χ1n) is 3.57. The second kappa shape index (κ2) is 2.99. The molecule has 1 rings (SSSR count). The first-order valence-corrected chi connectivity index (χ1v) is 3.57. The number of hydrogen-bond donors (Lipinski definition) is 1. The second-order valence-electron chi connectivity index (χ2n) is 2.84. The Hall–Kier alpha value is -0.600. The minimum atomic E-state index is -1.63. The van der Waals surface area contributed by atoms with E-state index in [0.29, 0.717) is 5.92 Å². The molecule has 58 valence electrons. The van der Waals surface area contributed by atoms with Crippen LogP contribution in [0.1, 0.15) is 25.7 Å². The van der Waals surface area contributed by atoms with Crippen molar-refractivity contribution < 1.29 is 14.3 Å². The molecule has 3 heteroatoms. The molecule has 0 aliphatic heterocycles. The van der Waals surface area contributed by atoms with Crippen molar-refractivity contribution >= 4 is 5.97 Å². The number of carbonyl (C=O) groups is 1. The van der Waals surface area contributed by atoms with Gasteiger partial charge in [-0.15, -0.1) is 0 Å². The van der Waals surface area contributed by atoms with E-state index in [1.807, 2.05) is 0 Å². The van der Waals surface area contributed by atoms with Crippen LogP contribution in [0, 0.1) is 5.92 Å². The van der Waals surface area contributed by atoms with E-state index in [0.717, 1.165) is 19.3 Å². The molecule has 2 nitrogen and oxygen atoms in total. The van der Waals surface area contributed by atoms with Gasteiger partial charge in [-0.1, -0.05) is 19.3 Å². The lowest BCUT2D eigenvalue weighted by atomic mass is 9.82. The van der Waals surface area contributed by atoms with Crippen molar-refractivity contribution in [3.05, 3.63) is 0 Å². The molecule has 0 spiro atoms. The van der Waals surface area contributed by atoms with Gasteiger partial charge in [0.15, 0.2) is 6.17 Å². The Bertz CT molecular complexity index is 132. The number of hydrogen-bond acceptors (Lipinski definition) is 1. The molecule has 1 saturated carbocycles. The van der Waals surface area contributed by atoms with Gasteiger partial charge in [-0.3, -0.25) is 0 Å². The zero-order valence-electron chi connectivity index (χ0n) is 5.72. The molecule has 0 radical (unpaired) electrons. The molecule has 10 heavy (non-hydrogen) atoms. The molecule has 0 bridgehead atoms. The summed E-state index contributed by atoms with van der Waals surface area (Å²) < 4.78 is 12.4. The summed E-state index contributed by atoms with van der Waals surface area (Å²) in [4.78, 5) is 10.00. The first kappa shape index (κ1) is 7.51. The molecule has 1 aliphatic rings. The summed E-state index contributed by atoms with van der Waals surface area (Å²) in [5.74, 6) is -0.974. The molecule has 0 aromatic carbocycles. The van der Waals surface area contributed by atoms with Crippen LogP contribution in [-0.4, -0.2) is 17.2 Å². The predicted molar refractivity (Wildman–Crippen MR) is 34.5 cm³/mol. The Balaban J connectivity index is 2.16. The van der Waals surface area contributed by atoms with Gasteiger partial charge < -0.3 is 5.11 Å². The molecule has 1 aliphatic carbocycles. The average molecular weight is 146 g/mol. The Morgan fingerprint density at radius 3 is 2.60 bits per heavy atom. The summed E-state index contributed by atoms with van der Waals surface area (Å²) in [5, 5.41) is 8.18. The predicted octanol–water partition coefficient (Wildman–Crippen LogP) is 1.60. The van der Waals surface area contributed by atoms with Crippen LogP contribution in [0.3, 0.4) is 0 Å². The summed E-state index contributed by atoms with van der Waals surface area (Å²) in [5.41, 5.74) is 0. The lowest BCUT2D eigenvalue weighted by Gasteiger charge is -2.25. The van der Waals surface area contributed by atoms with E-state index in [4.69, 9.17) is 5.11 Å². The maximum atomic E-state index is 12.4. The van der Waals surface area contributed by atoms with Gasteiger partial charge in [-0.2, -0.15) is 0 Å². The highest BCUT2D eigenvalue weighted by atomic mass is 19.1. The second-order valence-corrected chi connectivity index (χ2v) is 2.84. The maximum absolute atomic E-state index is 12.4. The fraction of sp³-hybridized carbons (Fsp3) is 0.857. The summed E-state index contributed by atoms with van der Waals surface area (Å²) in [6.45, 7) is 0. The summed E-state index contributed by atoms with van der Waals surface area (Å²) >= 11 is 0. The quantitative estimate of drug-likeness (QED) is 0.656. The van der Waals surface area contributed by atoms with E-state index in [1.54, 1.807) is 0 Å². The van der Waals surface area contributed by atoms with Crippen LogP contribution in [0.2, 0.25) is 0 Å². The normalized spacial score (nSPS) is 21.7. The largest absolute Gasteiger partial charge is 0.479 e. The highest BCUT2D eigenvalue weighted by Gasteiger charge is 2.25. The van der Waals surface area contributed by atoms with Crippen molar-refractivity contribution in [1.82, 2.24) is 0 Å². The third-order valence-electron chi connectivity index (χ3n) is 2.03. The van der Waals surface area contributed by atoms with Crippen LogP contribution in [-0.2, 0) is 4.79 Å². The minimum Gasteiger partial charge on any atom is -0.479 e. The zero-order chi connectivity index (χ0) is 7.56. The number of rotatable bonds is 3. The molecule has 1 N–H and O–H groups in total. The van der Waals surface area contributed by atoms with Gasteiger partial charge in [0, 0.05) is 0 Å². The first-order chi connectivity index (χ1) is 4.70. The van der Waals surface area contributed by atoms with Crippen LogP contribution in [0.15, 0.2) is 0 Å². The topological polar surface area (TPSA) is 37.3 Å². The molecule has 0 unspecified atom stereocenters. The monoisotopic (exact) mass is 146 g/mol. The Morgan fingerprint density at radius 2 is 2.30 bits per heavy atom. The molecule has 0 amide bonds. The third kappa shape index (κ3) is 1.69. The Labute approximate surface area is 59.0 Å². The van der Waals surface area contributed by atoms with Gasteiger partial charge in [-0.05, 0) is 12.3 Å². The van der Waals surface area contributed by atoms with E-state index >= 15 is 0 Å². The van der Waals surface area contributed by atoms with Crippen molar-refractivity contribution in [2.24, 2.45) is 5.92 Å². The van der Waals surface area contributed by atoms with Crippen LogP contribution in [0.5, 0.6) is 0 Å². The van der Waals surface area contributed by atoms with E-state index in [-0.39, 0.29) is 6.42 Å². The molecule has 0 aromatic rings. The summed E-state index contributed by atoms with van der Waals surface area (Å²) in [6.07, 6.45) is 1.73. The maximum Gasteiger partial charge on any atom is 0.338 e. The van der Waals surface area contributed by atoms with Crippen LogP contribution >= 0.6 is 0 Å². The Kier molecular flexibility index (Phi) is 2.25. The zero-order valence-corrected chi connectivity index (χ0v) is 5.72. The van der Waals surface area contributed by atoms with E-state index in [1.165, 1.54) is 0 Å². The van der Waals surface area contributed by atoms with Gasteiger partial charge in [0.1, 0.15) is 0 Å². The van der Waals surface area contributed by atoms with Crippen LogP contribution in [0.4, 0.5) is 4.39 Å². The molecule has 1 atom stereocenters. The summed E-state index contributed by atoms with van der Waals surface area (Å²) in [6, 6.07) is 0. The van der Waals surface area contributed by atoms with Gasteiger partial charge in [-0.25, -0.2) is 9.18 Å². The highest BCUT2D eigenvalue weighted by molar-refractivity contribution is 5.72. The van der Waals surface area contributed by atoms with E-state index in [9.17, 15) is 9.18 Å². The van der Waals surface area contributed by atoms with Gasteiger partial charge in [0.25, 0.3) is 0 Å². The molecular weight excluding hydrogens is 135 g/mol. The Morgan fingerprint density at radius 1 is 1.70 bits per heavy atom. The summed E-state index contributed by atoms with van der Waals surface area (Å²) in [7, 11) is 0. The lowest BCUT2D eigenvalue weighted by molar-refractivity contribution is -0.143. The van der Waals surface area contributed by atoms with E-state index < -0.39 is 12.1 Å². The number of halogens is 1. The van der Waals surface area contributed by atoms with Crippen molar-refractivity contribution in [2.45, 2.75) is 31.9 Å². The van der Waals surface area contributed by atoms with Gasteiger partial charge in [0.2, 0.25) is 0 Å². The van der Waals surface area contributed by atoms with Crippen molar-refractivity contribution in [2.75, 3.05) is 0 Å². The number of carboxylic acids is 1.